The molecular formula is C58H35BO2. The first-order valence-electron chi connectivity index (χ1n) is 21.0. The summed E-state index contributed by atoms with van der Waals surface area (Å²) in [4.78, 5) is 0. The van der Waals surface area contributed by atoms with Gasteiger partial charge in [-0.05, 0) is 112 Å². The molecule has 2 nitrogen and oxygen atoms in total. The molecule has 282 valence electrons. The minimum Gasteiger partial charge on any atom is -0.458 e. The highest BCUT2D eigenvalue weighted by Gasteiger charge is 2.41. The highest BCUT2D eigenvalue weighted by molar-refractivity contribution is 6.98. The number of hydrogen-bond donors (Lipinski definition) is 0. The van der Waals surface area contributed by atoms with Gasteiger partial charge in [0.1, 0.15) is 23.0 Å². The van der Waals surface area contributed by atoms with E-state index in [0.29, 0.717) is 0 Å². The van der Waals surface area contributed by atoms with Crippen molar-refractivity contribution in [1.29, 1.82) is 0 Å². The van der Waals surface area contributed by atoms with Crippen molar-refractivity contribution < 1.29 is 9.47 Å². The van der Waals surface area contributed by atoms with E-state index in [1.54, 1.807) is 0 Å². The quantitative estimate of drug-likeness (QED) is 0.131. The van der Waals surface area contributed by atoms with Gasteiger partial charge in [0.05, 0.1) is 0 Å². The van der Waals surface area contributed by atoms with Crippen LogP contribution in [0.2, 0.25) is 0 Å². The summed E-state index contributed by atoms with van der Waals surface area (Å²) in [6.07, 6.45) is 0. The second-order valence-corrected chi connectivity index (χ2v) is 16.2. The van der Waals surface area contributed by atoms with Gasteiger partial charge in [-0.15, -0.1) is 0 Å². The zero-order valence-electron chi connectivity index (χ0n) is 33.1. The number of fused-ring (bicyclic) bond motifs is 8. The molecular weight excluding hydrogens is 739 g/mol. The normalized spacial score (nSPS) is 12.5. The highest BCUT2D eigenvalue weighted by atomic mass is 16.5. The van der Waals surface area contributed by atoms with Crippen molar-refractivity contribution >= 4 is 66.2 Å². The molecule has 0 saturated heterocycles. The smallest absolute Gasteiger partial charge is 0.260 e. The van der Waals surface area contributed by atoms with Gasteiger partial charge in [0.2, 0.25) is 0 Å². The van der Waals surface area contributed by atoms with Crippen molar-refractivity contribution in [3.63, 3.8) is 0 Å². The Bertz CT molecular complexity index is 3480. The summed E-state index contributed by atoms with van der Waals surface area (Å²) in [5, 5.41) is 9.72. The van der Waals surface area contributed by atoms with E-state index < -0.39 is 0 Å². The fourth-order valence-electron chi connectivity index (χ4n) is 10.5. The van der Waals surface area contributed by atoms with E-state index in [9.17, 15) is 0 Å². The number of ether oxygens (including phenoxy) is 2. The minimum atomic E-state index is -0.0808. The summed E-state index contributed by atoms with van der Waals surface area (Å²) in [5.41, 5.74) is 12.8. The van der Waals surface area contributed by atoms with Gasteiger partial charge in [-0.25, -0.2) is 0 Å². The van der Waals surface area contributed by atoms with Gasteiger partial charge in [0.25, 0.3) is 6.71 Å². The van der Waals surface area contributed by atoms with Gasteiger partial charge in [-0.2, -0.15) is 0 Å². The first-order chi connectivity index (χ1) is 30.3. The Hall–Kier alpha value is -7.88. The maximum Gasteiger partial charge on any atom is 0.260 e. The number of benzene rings is 11. The van der Waals surface area contributed by atoms with Crippen LogP contribution in [0.4, 0.5) is 0 Å². The summed E-state index contributed by atoms with van der Waals surface area (Å²) in [6.45, 7) is -0.0808. The predicted octanol–water partition coefficient (Wildman–Crippen LogP) is 13.7. The Morgan fingerprint density at radius 1 is 0.279 bits per heavy atom. The molecule has 13 rings (SSSR count). The Balaban J connectivity index is 1.03. The van der Waals surface area contributed by atoms with Crippen LogP contribution in [-0.2, 0) is 0 Å². The molecule has 0 unspecified atom stereocenters. The molecule has 0 aromatic heterocycles. The lowest BCUT2D eigenvalue weighted by Crippen LogP contribution is -2.57. The fourth-order valence-corrected chi connectivity index (χ4v) is 10.5. The van der Waals surface area contributed by atoms with E-state index in [4.69, 9.17) is 9.47 Å². The van der Waals surface area contributed by atoms with Gasteiger partial charge in [-0.3, -0.25) is 0 Å². The van der Waals surface area contributed by atoms with Crippen LogP contribution >= 0.6 is 0 Å². The molecule has 0 radical (unpaired) electrons. The third kappa shape index (κ3) is 5.04. The average molecular weight is 775 g/mol. The van der Waals surface area contributed by atoms with Crippen molar-refractivity contribution in [3.05, 3.63) is 212 Å². The van der Waals surface area contributed by atoms with Crippen molar-refractivity contribution in [2.45, 2.75) is 0 Å². The second-order valence-electron chi connectivity index (χ2n) is 16.2. The largest absolute Gasteiger partial charge is 0.458 e. The van der Waals surface area contributed by atoms with Crippen molar-refractivity contribution in [2.75, 3.05) is 0 Å². The topological polar surface area (TPSA) is 18.5 Å². The Kier molecular flexibility index (Phi) is 7.43. The number of rotatable bonds is 4. The maximum absolute atomic E-state index is 7.09. The monoisotopic (exact) mass is 774 g/mol. The van der Waals surface area contributed by atoms with E-state index in [1.165, 1.54) is 76.5 Å². The molecule has 2 aliphatic heterocycles. The minimum absolute atomic E-state index is 0.0808. The lowest BCUT2D eigenvalue weighted by molar-refractivity contribution is 0.466. The van der Waals surface area contributed by atoms with Crippen molar-refractivity contribution in [1.82, 2.24) is 0 Å². The van der Waals surface area contributed by atoms with E-state index in [1.807, 2.05) is 0 Å². The van der Waals surface area contributed by atoms with E-state index in [-0.39, 0.29) is 6.71 Å². The molecule has 11 aromatic rings. The Labute approximate surface area is 354 Å². The number of para-hydroxylation sites is 1. The van der Waals surface area contributed by atoms with Crippen molar-refractivity contribution in [2.24, 2.45) is 0 Å². The summed E-state index contributed by atoms with van der Waals surface area (Å²) in [7, 11) is 0. The molecule has 0 saturated carbocycles. The van der Waals surface area contributed by atoms with Gasteiger partial charge >= 0.3 is 0 Å². The van der Waals surface area contributed by atoms with Gasteiger partial charge in [0, 0.05) is 16.6 Å². The molecule has 0 amide bonds. The van der Waals surface area contributed by atoms with Crippen LogP contribution in [0.1, 0.15) is 0 Å². The van der Waals surface area contributed by atoms with Gasteiger partial charge in [-0.1, -0.05) is 188 Å². The van der Waals surface area contributed by atoms with Crippen LogP contribution in [-0.4, -0.2) is 6.71 Å². The highest BCUT2D eigenvalue weighted by Crippen LogP contribution is 2.49. The molecule has 61 heavy (non-hydrogen) atoms. The van der Waals surface area contributed by atoms with Crippen molar-refractivity contribution in [3.8, 4) is 67.5 Å². The summed E-state index contributed by atoms with van der Waals surface area (Å²) in [5.74, 6) is 3.42. The first kappa shape index (κ1) is 34.0. The van der Waals surface area contributed by atoms with Crippen LogP contribution in [0.15, 0.2) is 212 Å². The van der Waals surface area contributed by atoms with Crippen LogP contribution < -0.4 is 25.9 Å². The Morgan fingerprint density at radius 2 is 0.705 bits per heavy atom. The molecule has 0 spiro atoms. The molecule has 0 fully saturated rings. The second kappa shape index (κ2) is 13.3. The summed E-state index contributed by atoms with van der Waals surface area (Å²) >= 11 is 0. The molecule has 0 N–H and O–H groups in total. The lowest BCUT2D eigenvalue weighted by atomic mass is 9.34. The summed E-state index contributed by atoms with van der Waals surface area (Å²) < 4.78 is 14.2. The zero-order chi connectivity index (χ0) is 40.0. The van der Waals surface area contributed by atoms with Gasteiger partial charge < -0.3 is 9.47 Å². The summed E-state index contributed by atoms with van der Waals surface area (Å²) in [6, 6.07) is 76.6. The van der Waals surface area contributed by atoms with Crippen LogP contribution in [0.25, 0.3) is 87.6 Å². The molecule has 2 heterocycles. The maximum atomic E-state index is 7.09. The van der Waals surface area contributed by atoms with E-state index in [0.717, 1.165) is 50.5 Å². The molecule has 11 aromatic carbocycles. The van der Waals surface area contributed by atoms with E-state index in [2.05, 4.69) is 212 Å². The molecule has 0 bridgehead atoms. The van der Waals surface area contributed by atoms with Crippen LogP contribution in [0.3, 0.4) is 0 Å². The fraction of sp³-hybridized carbons (Fsp3) is 0. The first-order valence-corrected chi connectivity index (χ1v) is 21.0. The average Bonchev–Trinajstić information content (AvgIpc) is 3.33. The third-order valence-corrected chi connectivity index (χ3v) is 13.0. The van der Waals surface area contributed by atoms with Crippen LogP contribution in [0.5, 0.6) is 23.0 Å². The molecule has 0 atom stereocenters. The van der Waals surface area contributed by atoms with E-state index >= 15 is 0 Å². The van der Waals surface area contributed by atoms with Gasteiger partial charge in [0.15, 0.2) is 0 Å². The predicted molar refractivity (Wildman–Crippen MR) is 256 cm³/mol. The Morgan fingerprint density at radius 3 is 1.23 bits per heavy atom. The molecule has 3 heteroatoms. The molecule has 2 aliphatic rings. The number of hydrogen-bond acceptors (Lipinski definition) is 2. The lowest BCUT2D eigenvalue weighted by Gasteiger charge is -2.34. The third-order valence-electron chi connectivity index (χ3n) is 13.0. The standard InChI is InChI=1S/C58H35BO2/c1-3-17-36(18-4-1)53-39-21-7-9-23-41(39)55(42-24-10-8-22-40(42)53)38-31-33-49-52(35-38)60-51-34-32-47(58-57(51)59(49)48-29-15-16-30-50(48)61-58)56-45-27-13-11-25-43(45)54(37-19-5-2-6-20-37)44-26-12-14-28-46(44)56/h1-35H. The zero-order valence-corrected chi connectivity index (χ0v) is 33.1. The SMILES string of the molecule is c1ccc(-c2c3ccccc3c(-c3ccc4c(c3)Oc3ccc(-c5c6ccccc6c(-c6ccccc6)c6ccccc56)c5c3B4c3ccccc3O5)c3ccccc23)cc1. The van der Waals surface area contributed by atoms with Crippen LogP contribution in [0, 0.1) is 0 Å². The molecule has 0 aliphatic carbocycles.